The summed E-state index contributed by atoms with van der Waals surface area (Å²) in [5.74, 6) is 1.06. The Bertz CT molecular complexity index is 751. The van der Waals surface area contributed by atoms with Crippen molar-refractivity contribution in [3.63, 3.8) is 0 Å². The van der Waals surface area contributed by atoms with Crippen LogP contribution in [0, 0.1) is 0 Å². The second-order valence-electron chi connectivity index (χ2n) is 5.46. The number of Topliss-reactive ketones (excluding diaryl/α,β-unsaturated/α-hetero) is 1. The molecule has 6 heteroatoms. The Balaban J connectivity index is 1.71. The first-order chi connectivity index (χ1) is 11.0. The lowest BCUT2D eigenvalue weighted by atomic mass is 10.1. The number of fused-ring (bicyclic) bond motifs is 1. The number of ketones is 1. The summed E-state index contributed by atoms with van der Waals surface area (Å²) in [5.41, 5.74) is 1.77. The molecule has 0 radical (unpaired) electrons. The largest absolute Gasteiger partial charge is 0.486 e. The van der Waals surface area contributed by atoms with Crippen LogP contribution in [-0.4, -0.2) is 29.9 Å². The second kappa shape index (κ2) is 6.16. The van der Waals surface area contributed by atoms with Crippen LogP contribution in [0.15, 0.2) is 30.5 Å². The molecule has 3 rings (SSSR count). The minimum Gasteiger partial charge on any atom is -0.486 e. The topological polar surface area (TPSA) is 80.4 Å². The Morgan fingerprint density at radius 3 is 2.61 bits per heavy atom. The van der Waals surface area contributed by atoms with Crippen molar-refractivity contribution < 1.29 is 19.1 Å². The molecular weight excluding hydrogens is 296 g/mol. The highest BCUT2D eigenvalue weighted by Crippen LogP contribution is 2.32. The summed E-state index contributed by atoms with van der Waals surface area (Å²) in [6, 6.07) is 6.95. The van der Waals surface area contributed by atoms with E-state index in [0.29, 0.717) is 36.0 Å². The monoisotopic (exact) mass is 314 g/mol. The van der Waals surface area contributed by atoms with Gasteiger partial charge in [-0.15, -0.1) is 0 Å². The summed E-state index contributed by atoms with van der Waals surface area (Å²) in [7, 11) is 0. The molecule has 0 aliphatic carbocycles. The maximum absolute atomic E-state index is 12.2. The van der Waals surface area contributed by atoms with Gasteiger partial charge in [0.05, 0.1) is 6.04 Å². The van der Waals surface area contributed by atoms with E-state index in [9.17, 15) is 9.59 Å². The molecule has 1 atom stereocenters. The minimum absolute atomic E-state index is 0.0832. The number of nitrogens with one attached hydrogen (secondary N) is 2. The van der Waals surface area contributed by atoms with Crippen molar-refractivity contribution in [2.45, 2.75) is 19.9 Å². The number of rotatable bonds is 4. The fraction of sp³-hybridized carbons (Fsp3) is 0.294. The van der Waals surface area contributed by atoms with Gasteiger partial charge in [-0.25, -0.2) is 0 Å². The van der Waals surface area contributed by atoms with Crippen LogP contribution in [0.4, 0.5) is 0 Å². The van der Waals surface area contributed by atoms with Gasteiger partial charge >= 0.3 is 0 Å². The average Bonchev–Trinajstić information content (AvgIpc) is 3.04. The molecule has 23 heavy (non-hydrogen) atoms. The summed E-state index contributed by atoms with van der Waals surface area (Å²) in [6.45, 7) is 4.41. The first kappa shape index (κ1) is 15.1. The van der Waals surface area contributed by atoms with Crippen LogP contribution in [0.1, 0.15) is 46.3 Å². The zero-order valence-electron chi connectivity index (χ0n) is 13.0. The zero-order chi connectivity index (χ0) is 16.4. The van der Waals surface area contributed by atoms with Crippen molar-refractivity contribution in [3.8, 4) is 11.5 Å². The van der Waals surface area contributed by atoms with Crippen molar-refractivity contribution in [1.29, 1.82) is 0 Å². The third kappa shape index (κ3) is 3.21. The number of aromatic nitrogens is 1. The number of ether oxygens (including phenoxy) is 2. The van der Waals surface area contributed by atoms with Crippen LogP contribution in [0.2, 0.25) is 0 Å². The number of hydrogen-bond donors (Lipinski definition) is 2. The Kier molecular flexibility index (Phi) is 4.06. The Labute approximate surface area is 133 Å². The van der Waals surface area contributed by atoms with Gasteiger partial charge in [0.2, 0.25) is 0 Å². The first-order valence-electron chi connectivity index (χ1n) is 7.44. The van der Waals surface area contributed by atoms with E-state index in [1.54, 1.807) is 6.07 Å². The molecule has 1 aromatic heterocycles. The fourth-order valence-electron chi connectivity index (χ4n) is 2.42. The summed E-state index contributed by atoms with van der Waals surface area (Å²) >= 11 is 0. The lowest BCUT2D eigenvalue weighted by Crippen LogP contribution is -2.27. The predicted octanol–water partition coefficient (Wildman–Crippen LogP) is 2.48. The maximum Gasteiger partial charge on any atom is 0.268 e. The number of carbonyl (C=O) groups is 2. The highest BCUT2D eigenvalue weighted by Gasteiger charge is 2.17. The van der Waals surface area contributed by atoms with Gasteiger partial charge < -0.3 is 19.8 Å². The highest BCUT2D eigenvalue weighted by atomic mass is 16.6. The number of benzene rings is 1. The third-order valence-corrected chi connectivity index (χ3v) is 3.75. The van der Waals surface area contributed by atoms with E-state index in [2.05, 4.69) is 10.3 Å². The molecule has 0 spiro atoms. The van der Waals surface area contributed by atoms with E-state index < -0.39 is 0 Å². The average molecular weight is 314 g/mol. The van der Waals surface area contributed by atoms with Gasteiger partial charge in [-0.3, -0.25) is 9.59 Å². The van der Waals surface area contributed by atoms with Gasteiger partial charge in [0.15, 0.2) is 17.3 Å². The smallest absolute Gasteiger partial charge is 0.268 e. The van der Waals surface area contributed by atoms with E-state index in [1.807, 2.05) is 25.1 Å². The molecule has 1 amide bonds. The molecule has 2 N–H and O–H groups in total. The third-order valence-electron chi connectivity index (χ3n) is 3.75. The lowest BCUT2D eigenvalue weighted by Gasteiger charge is -2.21. The van der Waals surface area contributed by atoms with Crippen LogP contribution in [0.5, 0.6) is 11.5 Å². The number of carbonyl (C=O) groups excluding carboxylic acids is 2. The summed E-state index contributed by atoms with van der Waals surface area (Å²) in [5, 5.41) is 2.89. The Hall–Kier alpha value is -2.76. The Morgan fingerprint density at radius 2 is 1.91 bits per heavy atom. The summed E-state index contributed by atoms with van der Waals surface area (Å²) < 4.78 is 11.0. The Morgan fingerprint density at radius 1 is 1.17 bits per heavy atom. The van der Waals surface area contributed by atoms with Gasteiger partial charge in [0.1, 0.15) is 18.9 Å². The molecule has 2 heterocycles. The van der Waals surface area contributed by atoms with Gasteiger partial charge in [0, 0.05) is 11.8 Å². The van der Waals surface area contributed by atoms with E-state index in [-0.39, 0.29) is 17.7 Å². The molecule has 0 unspecified atom stereocenters. The van der Waals surface area contributed by atoms with Gasteiger partial charge in [-0.05, 0) is 37.6 Å². The van der Waals surface area contributed by atoms with E-state index in [1.165, 1.54) is 13.1 Å². The standard InChI is InChI=1S/C17H18N2O4/c1-10(12-3-4-15-16(8-12)23-6-5-22-15)19-17(21)14-7-13(9-18-14)11(2)20/h3-4,7-10,18H,5-6H2,1-2H3,(H,19,21)/t10-/m1/s1. The number of hydrogen-bond acceptors (Lipinski definition) is 4. The van der Waals surface area contributed by atoms with Crippen molar-refractivity contribution in [2.24, 2.45) is 0 Å². The number of H-pyrrole nitrogens is 1. The first-order valence-corrected chi connectivity index (χ1v) is 7.44. The highest BCUT2D eigenvalue weighted by molar-refractivity contribution is 5.99. The number of amides is 1. The minimum atomic E-state index is -0.264. The molecule has 0 saturated heterocycles. The van der Waals surface area contributed by atoms with Crippen LogP contribution in [0.25, 0.3) is 0 Å². The molecule has 0 bridgehead atoms. The van der Waals surface area contributed by atoms with Gasteiger partial charge in [-0.1, -0.05) is 6.07 Å². The molecule has 1 aromatic carbocycles. The molecule has 2 aromatic rings. The SMILES string of the molecule is CC(=O)c1c[nH]c(C(=O)N[C@H](C)c2ccc3c(c2)OCCO3)c1. The quantitative estimate of drug-likeness (QED) is 0.850. The molecule has 0 saturated carbocycles. The van der Waals surface area contributed by atoms with Gasteiger partial charge in [-0.2, -0.15) is 0 Å². The maximum atomic E-state index is 12.2. The van der Waals surface area contributed by atoms with Crippen molar-refractivity contribution >= 4 is 11.7 Å². The van der Waals surface area contributed by atoms with Crippen molar-refractivity contribution in [2.75, 3.05) is 13.2 Å². The van der Waals surface area contributed by atoms with E-state index in [0.717, 1.165) is 5.56 Å². The van der Waals surface area contributed by atoms with Crippen LogP contribution in [-0.2, 0) is 0 Å². The van der Waals surface area contributed by atoms with Crippen molar-refractivity contribution in [3.05, 3.63) is 47.3 Å². The van der Waals surface area contributed by atoms with Crippen LogP contribution >= 0.6 is 0 Å². The summed E-state index contributed by atoms with van der Waals surface area (Å²) in [6.07, 6.45) is 1.53. The predicted molar refractivity (Wildman–Crippen MR) is 84.1 cm³/mol. The molecule has 1 aliphatic rings. The summed E-state index contributed by atoms with van der Waals surface area (Å²) in [4.78, 5) is 26.3. The van der Waals surface area contributed by atoms with Crippen molar-refractivity contribution in [1.82, 2.24) is 10.3 Å². The zero-order valence-corrected chi connectivity index (χ0v) is 13.0. The molecule has 120 valence electrons. The fourth-order valence-corrected chi connectivity index (χ4v) is 2.42. The molecular formula is C17H18N2O4. The van der Waals surface area contributed by atoms with E-state index in [4.69, 9.17) is 9.47 Å². The molecule has 6 nitrogen and oxygen atoms in total. The molecule has 0 fully saturated rings. The second-order valence-corrected chi connectivity index (χ2v) is 5.46. The normalized spacial score (nSPS) is 14.2. The number of aromatic amines is 1. The van der Waals surface area contributed by atoms with Gasteiger partial charge in [0.25, 0.3) is 5.91 Å². The van der Waals surface area contributed by atoms with Crippen LogP contribution in [0.3, 0.4) is 0 Å². The van der Waals surface area contributed by atoms with E-state index >= 15 is 0 Å². The van der Waals surface area contributed by atoms with Crippen LogP contribution < -0.4 is 14.8 Å². The lowest BCUT2D eigenvalue weighted by molar-refractivity contribution is 0.0935. The molecule has 1 aliphatic heterocycles.